The second-order valence-electron chi connectivity index (χ2n) is 11.1. The van der Waals surface area contributed by atoms with Crippen molar-refractivity contribution in [2.75, 3.05) is 0 Å². The lowest BCUT2D eigenvalue weighted by atomic mass is 9.77. The Morgan fingerprint density at radius 3 is 2.03 bits per heavy atom. The van der Waals surface area contributed by atoms with E-state index in [0.717, 1.165) is 12.8 Å². The highest BCUT2D eigenvalue weighted by molar-refractivity contribution is 6.18. The quantitative estimate of drug-likeness (QED) is 0.187. The molecule has 8 rings (SSSR count). The lowest BCUT2D eigenvalue weighted by Gasteiger charge is -2.27. The van der Waals surface area contributed by atoms with Crippen LogP contribution in [0.4, 0.5) is 0 Å². The maximum atomic E-state index is 2.34. The number of rotatable bonds is 0. The Kier molecular flexibility index (Phi) is 5.27. The zero-order chi connectivity index (χ0) is 26.0. The molecule has 0 N–H and O–H groups in total. The van der Waals surface area contributed by atoms with Crippen molar-refractivity contribution < 1.29 is 0 Å². The van der Waals surface area contributed by atoms with Gasteiger partial charge in [0, 0.05) is 0 Å². The maximum absolute atomic E-state index is 2.34. The number of fused-ring (bicyclic) bond motifs is 5. The molecule has 0 aromatic heterocycles. The Labute approximate surface area is 224 Å². The van der Waals surface area contributed by atoms with E-state index in [9.17, 15) is 0 Å². The van der Waals surface area contributed by atoms with Crippen molar-refractivity contribution in [3.8, 4) is 0 Å². The average Bonchev–Trinajstić information content (AvgIpc) is 2.93. The van der Waals surface area contributed by atoms with Crippen molar-refractivity contribution in [1.29, 1.82) is 0 Å². The van der Waals surface area contributed by atoms with Crippen LogP contribution in [0.1, 0.15) is 46.7 Å². The molecule has 0 bridgehead atoms. The van der Waals surface area contributed by atoms with E-state index in [1.807, 2.05) is 0 Å². The molecule has 0 spiro atoms. The van der Waals surface area contributed by atoms with Crippen LogP contribution in [0, 0.1) is 20.8 Å². The summed E-state index contributed by atoms with van der Waals surface area (Å²) in [5, 5.41) is 11.1. The fourth-order valence-corrected chi connectivity index (χ4v) is 6.83. The summed E-state index contributed by atoms with van der Waals surface area (Å²) in [4.78, 5) is 0. The molecule has 6 aromatic carbocycles. The van der Waals surface area contributed by atoms with Gasteiger partial charge in [-0.25, -0.2) is 0 Å². The first-order valence-corrected chi connectivity index (χ1v) is 13.7. The van der Waals surface area contributed by atoms with Crippen LogP contribution in [0.25, 0.3) is 54.7 Å². The van der Waals surface area contributed by atoms with Crippen molar-refractivity contribution in [3.05, 3.63) is 130 Å². The number of benzene rings is 6. The van der Waals surface area contributed by atoms with Gasteiger partial charge in [0.1, 0.15) is 0 Å². The molecule has 0 fully saturated rings. The number of hydrogen-bond donors (Lipinski definition) is 0. The van der Waals surface area contributed by atoms with Crippen molar-refractivity contribution in [3.63, 3.8) is 0 Å². The van der Waals surface area contributed by atoms with Crippen LogP contribution in [-0.4, -0.2) is 0 Å². The summed E-state index contributed by atoms with van der Waals surface area (Å²) >= 11 is 0. The van der Waals surface area contributed by atoms with Crippen LogP contribution in [-0.2, 0) is 6.42 Å². The predicted molar refractivity (Wildman–Crippen MR) is 167 cm³/mol. The van der Waals surface area contributed by atoms with Gasteiger partial charge in [-0.15, -0.1) is 0 Å². The topological polar surface area (TPSA) is 0 Å². The zero-order valence-electron chi connectivity index (χ0n) is 22.7. The maximum Gasteiger partial charge on any atom is -0.00573 e. The van der Waals surface area contributed by atoms with Gasteiger partial charge in [-0.2, -0.15) is 0 Å². The van der Waals surface area contributed by atoms with E-state index in [0.29, 0.717) is 0 Å². The first kappa shape index (κ1) is 23.0. The summed E-state index contributed by atoms with van der Waals surface area (Å²) in [7, 11) is 0. The standard InChI is InChI=1S/C20H16.C18H16/c1-13-6-5-9-18-16(13)10-11-19-17-8-4-3-7-15(17)14(2)12-20(18)19;1-11-9-13-5-4-8-16-12(2)10-14-6-3-7-15(11)17(14)18(13)16/h3-12H,1-2H3;3-7,9H,8,10H2,1-2H3. The molecule has 184 valence electrons. The molecular weight excluding hydrogens is 456 g/mol. The lowest BCUT2D eigenvalue weighted by Crippen LogP contribution is -2.07. The van der Waals surface area contributed by atoms with Gasteiger partial charge in [0.05, 0.1) is 0 Å². The first-order chi connectivity index (χ1) is 18.5. The SMILES string of the molecule is CC1=C2CC=Cc3cc(C)c4cccc(c4c32)C1.Cc1cc2c3cccc(C)c3ccc2c2ccccc12. The van der Waals surface area contributed by atoms with Gasteiger partial charge in [0.15, 0.2) is 0 Å². The van der Waals surface area contributed by atoms with Crippen LogP contribution in [0.5, 0.6) is 0 Å². The van der Waals surface area contributed by atoms with Gasteiger partial charge in [-0.05, 0) is 123 Å². The molecule has 0 heterocycles. The minimum atomic E-state index is 1.10. The number of allylic oxidation sites excluding steroid dienone is 3. The van der Waals surface area contributed by atoms with Crippen molar-refractivity contribution in [2.45, 2.75) is 40.5 Å². The summed E-state index contributed by atoms with van der Waals surface area (Å²) < 4.78 is 0. The Morgan fingerprint density at radius 2 is 1.16 bits per heavy atom. The summed E-state index contributed by atoms with van der Waals surface area (Å²) in [6, 6.07) is 31.2. The van der Waals surface area contributed by atoms with Crippen LogP contribution in [0.2, 0.25) is 0 Å². The Morgan fingerprint density at radius 1 is 0.526 bits per heavy atom. The van der Waals surface area contributed by atoms with E-state index in [1.54, 1.807) is 11.1 Å². The predicted octanol–water partition coefficient (Wildman–Crippen LogP) is 10.7. The van der Waals surface area contributed by atoms with Crippen LogP contribution in [0.3, 0.4) is 0 Å². The Hall–Kier alpha value is -4.16. The van der Waals surface area contributed by atoms with Crippen molar-refractivity contribution in [1.82, 2.24) is 0 Å². The molecule has 0 radical (unpaired) electrons. The first-order valence-electron chi connectivity index (χ1n) is 13.7. The largest absolute Gasteiger partial charge is 0.0795 e. The Bertz CT molecular complexity index is 2000. The molecule has 6 aromatic rings. The molecule has 0 saturated carbocycles. The van der Waals surface area contributed by atoms with Crippen molar-refractivity contribution in [2.24, 2.45) is 0 Å². The van der Waals surface area contributed by atoms with Crippen LogP contribution < -0.4 is 0 Å². The molecular formula is C38H32. The third-order valence-corrected chi connectivity index (χ3v) is 8.70. The molecule has 2 aliphatic carbocycles. The fraction of sp³-hybridized carbons (Fsp3) is 0.158. The third-order valence-electron chi connectivity index (χ3n) is 8.70. The van der Waals surface area contributed by atoms with E-state index in [4.69, 9.17) is 0 Å². The second kappa shape index (κ2) is 8.71. The third kappa shape index (κ3) is 3.44. The van der Waals surface area contributed by atoms with Crippen LogP contribution in [0.15, 0.2) is 96.6 Å². The fourth-order valence-electron chi connectivity index (χ4n) is 6.83. The highest BCUT2D eigenvalue weighted by atomic mass is 14.3. The smallest absolute Gasteiger partial charge is 0.00573 e. The molecule has 2 aliphatic rings. The number of hydrogen-bond acceptors (Lipinski definition) is 0. The molecule has 0 saturated heterocycles. The van der Waals surface area contributed by atoms with Gasteiger partial charge in [-0.1, -0.05) is 103 Å². The molecule has 0 nitrogen and oxygen atoms in total. The summed E-state index contributed by atoms with van der Waals surface area (Å²) in [5.74, 6) is 0. The second-order valence-corrected chi connectivity index (χ2v) is 11.1. The molecule has 0 heteroatoms. The zero-order valence-corrected chi connectivity index (χ0v) is 22.7. The number of aryl methyl sites for hydroxylation is 3. The minimum absolute atomic E-state index is 1.10. The summed E-state index contributed by atoms with van der Waals surface area (Å²) in [5.41, 5.74) is 11.6. The molecule has 0 atom stereocenters. The molecule has 0 unspecified atom stereocenters. The van der Waals surface area contributed by atoms with E-state index in [2.05, 4.69) is 125 Å². The average molecular weight is 489 g/mol. The van der Waals surface area contributed by atoms with E-state index >= 15 is 0 Å². The normalized spacial score (nSPS) is 13.9. The summed E-state index contributed by atoms with van der Waals surface area (Å²) in [6.45, 7) is 8.91. The van der Waals surface area contributed by atoms with Gasteiger partial charge in [0.2, 0.25) is 0 Å². The van der Waals surface area contributed by atoms with Gasteiger partial charge in [0.25, 0.3) is 0 Å². The van der Waals surface area contributed by atoms with Gasteiger partial charge >= 0.3 is 0 Å². The van der Waals surface area contributed by atoms with Gasteiger partial charge in [-0.3, -0.25) is 0 Å². The molecule has 38 heavy (non-hydrogen) atoms. The van der Waals surface area contributed by atoms with Crippen LogP contribution >= 0.6 is 0 Å². The monoisotopic (exact) mass is 488 g/mol. The lowest BCUT2D eigenvalue weighted by molar-refractivity contribution is 1.11. The summed E-state index contributed by atoms with van der Waals surface area (Å²) in [6.07, 6.45) is 6.82. The molecule has 0 aliphatic heterocycles. The molecule has 0 amide bonds. The van der Waals surface area contributed by atoms with E-state index in [-0.39, 0.29) is 0 Å². The minimum Gasteiger partial charge on any atom is -0.0795 e. The van der Waals surface area contributed by atoms with E-state index < -0.39 is 0 Å². The van der Waals surface area contributed by atoms with Crippen molar-refractivity contribution >= 4 is 54.7 Å². The van der Waals surface area contributed by atoms with E-state index in [1.165, 1.54) is 76.5 Å². The highest BCUT2D eigenvalue weighted by Crippen LogP contribution is 2.43. The Balaban J connectivity index is 0.000000128. The highest BCUT2D eigenvalue weighted by Gasteiger charge is 2.23. The van der Waals surface area contributed by atoms with Gasteiger partial charge < -0.3 is 0 Å².